The molecule has 1 heterocycles. The predicted octanol–water partition coefficient (Wildman–Crippen LogP) is 1.18. The van der Waals surface area contributed by atoms with Gasteiger partial charge in [-0.1, -0.05) is 12.8 Å². The van der Waals surface area contributed by atoms with Gasteiger partial charge >= 0.3 is 0 Å². The first kappa shape index (κ1) is 13.8. The molecule has 2 aliphatic rings. The zero-order chi connectivity index (χ0) is 13.0. The number of carbonyl (C=O) groups is 1. The van der Waals surface area contributed by atoms with Gasteiger partial charge in [0.15, 0.2) is 0 Å². The normalized spacial score (nSPS) is 32.9. The first-order valence-corrected chi connectivity index (χ1v) is 7.38. The second-order valence-corrected chi connectivity index (χ2v) is 5.88. The molecule has 0 aromatic carbocycles. The van der Waals surface area contributed by atoms with Crippen molar-refractivity contribution in [3.05, 3.63) is 0 Å². The molecule has 4 unspecified atom stereocenters. The average molecular weight is 254 g/mol. The number of rotatable bonds is 5. The topological polar surface area (TPSA) is 61.4 Å². The molecule has 3 N–H and O–H groups in total. The molecule has 0 spiro atoms. The summed E-state index contributed by atoms with van der Waals surface area (Å²) in [7, 11) is 0. The molecule has 18 heavy (non-hydrogen) atoms. The number of fused-ring (bicyclic) bond motifs is 1. The van der Waals surface area contributed by atoms with Gasteiger partial charge in [0.05, 0.1) is 6.04 Å². The van der Waals surface area contributed by atoms with Crippen molar-refractivity contribution in [2.45, 2.75) is 70.0 Å². The standard InChI is InChI=1S/C14H26N2O2/c1-10(5-4-8-17)15-14(18)13-9-11-6-2-3-7-12(11)16-13/h10-13,16-17H,2-9H2,1H3,(H,15,18). The smallest absolute Gasteiger partial charge is 0.237 e. The van der Waals surface area contributed by atoms with Gasteiger partial charge in [0.2, 0.25) is 5.91 Å². The van der Waals surface area contributed by atoms with E-state index in [4.69, 9.17) is 5.11 Å². The van der Waals surface area contributed by atoms with Crippen LogP contribution in [0.4, 0.5) is 0 Å². The molecular formula is C14H26N2O2. The van der Waals surface area contributed by atoms with Gasteiger partial charge in [-0.25, -0.2) is 0 Å². The number of aliphatic hydroxyl groups is 1. The summed E-state index contributed by atoms with van der Waals surface area (Å²) in [6, 6.07) is 0.742. The van der Waals surface area contributed by atoms with E-state index in [-0.39, 0.29) is 24.6 Å². The Bertz CT molecular complexity index is 269. The second kappa shape index (κ2) is 6.53. The van der Waals surface area contributed by atoms with Crippen molar-refractivity contribution in [3.63, 3.8) is 0 Å². The molecule has 1 aliphatic heterocycles. The summed E-state index contributed by atoms with van der Waals surface area (Å²) in [6.07, 6.45) is 7.74. The van der Waals surface area contributed by atoms with Crippen molar-refractivity contribution < 1.29 is 9.90 Å². The van der Waals surface area contributed by atoms with Crippen LogP contribution in [-0.2, 0) is 4.79 Å². The van der Waals surface area contributed by atoms with E-state index in [1.54, 1.807) is 0 Å². The summed E-state index contributed by atoms with van der Waals surface area (Å²) in [5, 5.41) is 15.3. The Morgan fingerprint density at radius 1 is 1.44 bits per heavy atom. The lowest BCUT2D eigenvalue weighted by molar-refractivity contribution is -0.123. The molecule has 0 aromatic heterocycles. The van der Waals surface area contributed by atoms with Crippen molar-refractivity contribution in [1.82, 2.24) is 10.6 Å². The Hall–Kier alpha value is -0.610. The van der Waals surface area contributed by atoms with Gasteiger partial charge in [-0.15, -0.1) is 0 Å². The summed E-state index contributed by atoms with van der Waals surface area (Å²) in [4.78, 5) is 12.1. The predicted molar refractivity (Wildman–Crippen MR) is 71.2 cm³/mol. The Kier molecular flexibility index (Phi) is 5.01. The van der Waals surface area contributed by atoms with E-state index < -0.39 is 0 Å². The van der Waals surface area contributed by atoms with Gasteiger partial charge < -0.3 is 15.7 Å². The van der Waals surface area contributed by atoms with Gasteiger partial charge in [0, 0.05) is 18.7 Å². The molecule has 1 aliphatic carbocycles. The summed E-state index contributed by atoms with van der Waals surface area (Å²) in [6.45, 7) is 2.21. The third-order valence-corrected chi connectivity index (χ3v) is 4.36. The Morgan fingerprint density at radius 2 is 2.22 bits per heavy atom. The van der Waals surface area contributed by atoms with E-state index in [0.29, 0.717) is 12.0 Å². The minimum absolute atomic E-state index is 0.00896. The van der Waals surface area contributed by atoms with Crippen LogP contribution >= 0.6 is 0 Å². The highest BCUT2D eigenvalue weighted by molar-refractivity contribution is 5.82. The maximum absolute atomic E-state index is 12.1. The largest absolute Gasteiger partial charge is 0.396 e. The molecule has 2 rings (SSSR count). The number of hydrogen-bond donors (Lipinski definition) is 3. The van der Waals surface area contributed by atoms with Gasteiger partial charge in [-0.3, -0.25) is 4.79 Å². The monoisotopic (exact) mass is 254 g/mol. The van der Waals surface area contributed by atoms with Crippen molar-refractivity contribution in [1.29, 1.82) is 0 Å². The molecule has 4 atom stereocenters. The van der Waals surface area contributed by atoms with Gasteiger partial charge in [0.25, 0.3) is 0 Å². The van der Waals surface area contributed by atoms with Gasteiger partial charge in [-0.2, -0.15) is 0 Å². The number of hydrogen-bond acceptors (Lipinski definition) is 3. The first-order valence-electron chi connectivity index (χ1n) is 7.38. The SMILES string of the molecule is CC(CCCO)NC(=O)C1CC2CCCCC2N1. The van der Waals surface area contributed by atoms with E-state index in [1.165, 1.54) is 25.7 Å². The van der Waals surface area contributed by atoms with Crippen LogP contribution in [0.3, 0.4) is 0 Å². The second-order valence-electron chi connectivity index (χ2n) is 5.88. The fourth-order valence-electron chi connectivity index (χ4n) is 3.33. The van der Waals surface area contributed by atoms with Crippen molar-refractivity contribution >= 4 is 5.91 Å². The lowest BCUT2D eigenvalue weighted by Crippen LogP contribution is -2.46. The molecule has 1 saturated carbocycles. The Balaban J connectivity index is 1.76. The van der Waals surface area contributed by atoms with Crippen molar-refractivity contribution in [2.75, 3.05) is 6.61 Å². The molecule has 1 saturated heterocycles. The molecule has 0 radical (unpaired) electrons. The van der Waals surface area contributed by atoms with Gasteiger partial charge in [-0.05, 0) is 44.9 Å². The van der Waals surface area contributed by atoms with Crippen molar-refractivity contribution in [3.8, 4) is 0 Å². The molecule has 104 valence electrons. The first-order chi connectivity index (χ1) is 8.70. The molecular weight excluding hydrogens is 228 g/mol. The third-order valence-electron chi connectivity index (χ3n) is 4.36. The van der Waals surface area contributed by atoms with E-state index in [0.717, 1.165) is 19.3 Å². The summed E-state index contributed by atoms with van der Waals surface area (Å²) in [5.74, 6) is 0.858. The highest BCUT2D eigenvalue weighted by Crippen LogP contribution is 2.33. The highest BCUT2D eigenvalue weighted by atomic mass is 16.3. The summed E-state index contributed by atoms with van der Waals surface area (Å²) in [5.41, 5.74) is 0. The fourth-order valence-corrected chi connectivity index (χ4v) is 3.33. The van der Waals surface area contributed by atoms with E-state index >= 15 is 0 Å². The van der Waals surface area contributed by atoms with E-state index in [2.05, 4.69) is 10.6 Å². The summed E-state index contributed by atoms with van der Waals surface area (Å²) < 4.78 is 0. The molecule has 0 aromatic rings. The minimum Gasteiger partial charge on any atom is -0.396 e. The Morgan fingerprint density at radius 3 is 2.94 bits per heavy atom. The van der Waals surface area contributed by atoms with Crippen LogP contribution in [0.25, 0.3) is 0 Å². The number of aliphatic hydroxyl groups excluding tert-OH is 1. The summed E-state index contributed by atoms with van der Waals surface area (Å²) >= 11 is 0. The van der Waals surface area contributed by atoms with Crippen LogP contribution in [0, 0.1) is 5.92 Å². The third kappa shape index (κ3) is 3.45. The zero-order valence-corrected chi connectivity index (χ0v) is 11.3. The van der Waals surface area contributed by atoms with Gasteiger partial charge in [0.1, 0.15) is 0 Å². The van der Waals surface area contributed by atoms with E-state index in [1.807, 2.05) is 6.92 Å². The zero-order valence-electron chi connectivity index (χ0n) is 11.3. The fraction of sp³-hybridized carbons (Fsp3) is 0.929. The minimum atomic E-state index is 0.00896. The highest BCUT2D eigenvalue weighted by Gasteiger charge is 2.38. The van der Waals surface area contributed by atoms with Crippen LogP contribution in [0.15, 0.2) is 0 Å². The molecule has 4 nitrogen and oxygen atoms in total. The van der Waals surface area contributed by atoms with Crippen LogP contribution < -0.4 is 10.6 Å². The lowest BCUT2D eigenvalue weighted by Gasteiger charge is -2.24. The Labute approximate surface area is 110 Å². The number of amides is 1. The quantitative estimate of drug-likeness (QED) is 0.690. The van der Waals surface area contributed by atoms with Crippen LogP contribution in [0.1, 0.15) is 51.9 Å². The van der Waals surface area contributed by atoms with Crippen LogP contribution in [-0.4, -0.2) is 35.7 Å². The molecule has 4 heteroatoms. The van der Waals surface area contributed by atoms with Crippen LogP contribution in [0.5, 0.6) is 0 Å². The number of carbonyl (C=O) groups excluding carboxylic acids is 1. The van der Waals surface area contributed by atoms with Crippen molar-refractivity contribution in [2.24, 2.45) is 5.92 Å². The molecule has 0 bridgehead atoms. The van der Waals surface area contributed by atoms with E-state index in [9.17, 15) is 4.79 Å². The lowest BCUT2D eigenvalue weighted by atomic mass is 9.85. The average Bonchev–Trinajstić information content (AvgIpc) is 2.80. The van der Waals surface area contributed by atoms with Crippen LogP contribution in [0.2, 0.25) is 0 Å². The molecule has 2 fully saturated rings. The molecule has 1 amide bonds. The number of nitrogens with one attached hydrogen (secondary N) is 2. The maximum Gasteiger partial charge on any atom is 0.237 e. The maximum atomic E-state index is 12.1.